The second-order valence-corrected chi connectivity index (χ2v) is 8.99. The Morgan fingerprint density at radius 3 is 3.03 bits per heavy atom. The SMILES string of the molecule is C[C@H](O)CN1CCCC(c2nc3c4ccc(F)cc4c4c(=O)[nH]ccc4c3s2)C1. The van der Waals surface area contributed by atoms with Crippen molar-refractivity contribution in [3.05, 3.63) is 51.6 Å². The van der Waals surface area contributed by atoms with Crippen molar-refractivity contribution in [1.29, 1.82) is 0 Å². The van der Waals surface area contributed by atoms with Crippen molar-refractivity contribution in [1.82, 2.24) is 14.9 Å². The number of halogens is 1. The van der Waals surface area contributed by atoms with Crippen LogP contribution in [-0.4, -0.2) is 45.7 Å². The van der Waals surface area contributed by atoms with Crippen LogP contribution in [0.5, 0.6) is 0 Å². The average Bonchev–Trinajstić information content (AvgIpc) is 3.13. The zero-order valence-corrected chi connectivity index (χ0v) is 16.9. The monoisotopic (exact) mass is 411 g/mol. The van der Waals surface area contributed by atoms with E-state index in [1.165, 1.54) is 12.1 Å². The van der Waals surface area contributed by atoms with Crippen LogP contribution in [0.15, 0.2) is 35.3 Å². The van der Waals surface area contributed by atoms with E-state index in [1.807, 2.05) is 13.0 Å². The number of H-pyrrole nitrogens is 1. The van der Waals surface area contributed by atoms with E-state index in [2.05, 4.69) is 9.88 Å². The maximum atomic E-state index is 14.0. The van der Waals surface area contributed by atoms with Gasteiger partial charge in [-0.1, -0.05) is 0 Å². The molecule has 0 amide bonds. The highest BCUT2D eigenvalue weighted by Gasteiger charge is 2.26. The van der Waals surface area contributed by atoms with Gasteiger partial charge in [0.2, 0.25) is 0 Å². The zero-order valence-electron chi connectivity index (χ0n) is 16.1. The van der Waals surface area contributed by atoms with Gasteiger partial charge in [0, 0.05) is 41.4 Å². The van der Waals surface area contributed by atoms with E-state index in [4.69, 9.17) is 4.98 Å². The van der Waals surface area contributed by atoms with Gasteiger partial charge >= 0.3 is 0 Å². The number of aromatic amines is 1. The zero-order chi connectivity index (χ0) is 20.1. The van der Waals surface area contributed by atoms with E-state index in [0.717, 1.165) is 51.9 Å². The first-order valence-electron chi connectivity index (χ1n) is 9.94. The highest BCUT2D eigenvalue weighted by molar-refractivity contribution is 7.19. The molecule has 5 nitrogen and oxygen atoms in total. The van der Waals surface area contributed by atoms with Crippen LogP contribution in [0.25, 0.3) is 31.8 Å². The van der Waals surface area contributed by atoms with Crippen molar-refractivity contribution in [2.24, 2.45) is 0 Å². The molecule has 1 aliphatic rings. The number of fused-ring (bicyclic) bond motifs is 6. The minimum Gasteiger partial charge on any atom is -0.392 e. The number of hydrogen-bond donors (Lipinski definition) is 2. The van der Waals surface area contributed by atoms with Gasteiger partial charge in [-0.2, -0.15) is 0 Å². The Morgan fingerprint density at radius 2 is 2.21 bits per heavy atom. The van der Waals surface area contributed by atoms with Crippen LogP contribution in [-0.2, 0) is 0 Å². The smallest absolute Gasteiger partial charge is 0.256 e. The highest BCUT2D eigenvalue weighted by Crippen LogP contribution is 2.40. The first-order valence-corrected chi connectivity index (χ1v) is 10.8. The van der Waals surface area contributed by atoms with Crippen LogP contribution in [0.3, 0.4) is 0 Å². The summed E-state index contributed by atoms with van der Waals surface area (Å²) in [7, 11) is 0. The molecule has 0 saturated carbocycles. The summed E-state index contributed by atoms with van der Waals surface area (Å²) in [5.74, 6) is -0.0645. The Balaban J connectivity index is 1.71. The number of piperidine rings is 1. The second-order valence-electron chi connectivity index (χ2n) is 7.96. The number of hydrogen-bond acceptors (Lipinski definition) is 5. The number of nitrogens with one attached hydrogen (secondary N) is 1. The van der Waals surface area contributed by atoms with E-state index in [9.17, 15) is 14.3 Å². The molecule has 2 aromatic carbocycles. The van der Waals surface area contributed by atoms with Crippen molar-refractivity contribution < 1.29 is 9.50 Å². The minimum atomic E-state index is -0.363. The molecule has 150 valence electrons. The standard InChI is InChI=1S/C22H22FN3O2S/c1-12(27)10-26-8-2-3-13(11-26)22-25-19-15-5-4-14(23)9-17(15)18-16(20(19)29-22)6-7-24-21(18)28/h4-7,9,12-13,27H,2-3,8,10-11H2,1H3,(H,24,28)/t12-,13?/m0/s1. The van der Waals surface area contributed by atoms with Gasteiger partial charge < -0.3 is 15.0 Å². The van der Waals surface area contributed by atoms with Crippen LogP contribution < -0.4 is 5.56 Å². The summed E-state index contributed by atoms with van der Waals surface area (Å²) >= 11 is 1.64. The molecule has 0 aliphatic carbocycles. The first-order chi connectivity index (χ1) is 14.0. The van der Waals surface area contributed by atoms with E-state index in [1.54, 1.807) is 23.6 Å². The van der Waals surface area contributed by atoms with Crippen LogP contribution in [0.2, 0.25) is 0 Å². The van der Waals surface area contributed by atoms with E-state index < -0.39 is 0 Å². The number of benzene rings is 2. The number of rotatable bonds is 3. The molecule has 0 radical (unpaired) electrons. The maximum Gasteiger partial charge on any atom is 0.256 e. The number of β-amino-alcohol motifs (C(OH)–C–C–N with tert-alkyl or cyclic N) is 1. The molecule has 5 rings (SSSR count). The summed E-state index contributed by atoms with van der Waals surface area (Å²) in [4.78, 5) is 22.6. The third-order valence-corrected chi connectivity index (χ3v) is 6.98. The highest BCUT2D eigenvalue weighted by atomic mass is 32.1. The number of aromatic nitrogens is 2. The lowest BCUT2D eigenvalue weighted by Crippen LogP contribution is -2.38. The van der Waals surface area contributed by atoms with Crippen molar-refractivity contribution in [2.45, 2.75) is 31.8 Å². The molecule has 1 fully saturated rings. The molecule has 0 bridgehead atoms. The van der Waals surface area contributed by atoms with Crippen molar-refractivity contribution in [3.63, 3.8) is 0 Å². The lowest BCUT2D eigenvalue weighted by Gasteiger charge is -2.32. The molecular formula is C22H22FN3O2S. The third-order valence-electron chi connectivity index (χ3n) is 5.73. The van der Waals surface area contributed by atoms with Crippen molar-refractivity contribution >= 4 is 43.1 Å². The van der Waals surface area contributed by atoms with Crippen LogP contribution in [0.4, 0.5) is 4.39 Å². The quantitative estimate of drug-likeness (QED) is 0.500. The Kier molecular flexibility index (Phi) is 4.61. The molecule has 1 saturated heterocycles. The molecule has 2 N–H and O–H groups in total. The lowest BCUT2D eigenvalue weighted by molar-refractivity contribution is 0.107. The van der Waals surface area contributed by atoms with Gasteiger partial charge in [0.25, 0.3) is 5.56 Å². The summed E-state index contributed by atoms with van der Waals surface area (Å²) in [6.45, 7) is 4.35. The molecular weight excluding hydrogens is 389 g/mol. The summed E-state index contributed by atoms with van der Waals surface area (Å²) < 4.78 is 15.0. The number of thiazole rings is 1. The molecule has 0 spiro atoms. The van der Waals surface area contributed by atoms with Gasteiger partial charge in [0.05, 0.1) is 26.7 Å². The molecule has 3 heterocycles. The number of aliphatic hydroxyl groups is 1. The van der Waals surface area contributed by atoms with Crippen LogP contribution >= 0.6 is 11.3 Å². The molecule has 29 heavy (non-hydrogen) atoms. The Hall–Kier alpha value is -2.35. The topological polar surface area (TPSA) is 69.2 Å². The van der Waals surface area contributed by atoms with Gasteiger partial charge in [-0.05, 0) is 50.6 Å². The first kappa shape index (κ1) is 18.7. The van der Waals surface area contributed by atoms with Gasteiger partial charge in [-0.15, -0.1) is 11.3 Å². The van der Waals surface area contributed by atoms with Gasteiger partial charge in [-0.25, -0.2) is 9.37 Å². The fraction of sp³-hybridized carbons (Fsp3) is 0.364. The summed E-state index contributed by atoms with van der Waals surface area (Å²) in [6.07, 6.45) is 3.42. The largest absolute Gasteiger partial charge is 0.392 e. The van der Waals surface area contributed by atoms with Gasteiger partial charge in [0.15, 0.2) is 0 Å². The molecule has 7 heteroatoms. The predicted molar refractivity (Wildman–Crippen MR) is 115 cm³/mol. The van der Waals surface area contributed by atoms with Crippen molar-refractivity contribution in [3.8, 4) is 0 Å². The number of aliphatic hydroxyl groups excluding tert-OH is 1. The number of pyridine rings is 1. The Labute approximate surface area is 170 Å². The fourth-order valence-electron chi connectivity index (χ4n) is 4.54. The summed E-state index contributed by atoms with van der Waals surface area (Å²) in [6, 6.07) is 6.46. The molecule has 1 aliphatic heterocycles. The van der Waals surface area contributed by atoms with Crippen molar-refractivity contribution in [2.75, 3.05) is 19.6 Å². The average molecular weight is 412 g/mol. The van der Waals surface area contributed by atoms with Gasteiger partial charge in [0.1, 0.15) is 5.82 Å². The summed E-state index contributed by atoms with van der Waals surface area (Å²) in [5.41, 5.74) is 0.626. The van der Waals surface area contributed by atoms with Crippen LogP contribution in [0.1, 0.15) is 30.7 Å². The second kappa shape index (κ2) is 7.16. The number of nitrogens with zero attached hydrogens (tertiary/aromatic N) is 2. The van der Waals surface area contributed by atoms with E-state index in [0.29, 0.717) is 23.2 Å². The summed E-state index contributed by atoms with van der Waals surface area (Å²) in [5, 5.41) is 13.5. The molecule has 2 aromatic heterocycles. The Bertz CT molecular complexity index is 1280. The van der Waals surface area contributed by atoms with Crippen LogP contribution in [0, 0.1) is 5.82 Å². The molecule has 2 atom stereocenters. The third kappa shape index (κ3) is 3.23. The van der Waals surface area contributed by atoms with E-state index in [-0.39, 0.29) is 17.5 Å². The minimum absolute atomic E-state index is 0.212. The maximum absolute atomic E-state index is 14.0. The fourth-order valence-corrected chi connectivity index (χ4v) is 5.78. The molecule has 4 aromatic rings. The lowest BCUT2D eigenvalue weighted by atomic mass is 9.98. The Morgan fingerprint density at radius 1 is 1.34 bits per heavy atom. The molecule has 1 unspecified atom stereocenters. The number of likely N-dealkylation sites (tertiary alicyclic amines) is 1. The van der Waals surface area contributed by atoms with E-state index >= 15 is 0 Å². The van der Waals surface area contributed by atoms with Gasteiger partial charge in [-0.3, -0.25) is 4.79 Å². The normalized spacial score (nSPS) is 19.3. The predicted octanol–water partition coefficient (Wildman–Crippen LogP) is 3.99.